The van der Waals surface area contributed by atoms with Crippen molar-refractivity contribution in [2.45, 2.75) is 57.9 Å². The molecule has 2 aliphatic carbocycles. The number of hydrogen-bond donors (Lipinski definition) is 0. The highest BCUT2D eigenvalue weighted by atomic mass is 28.4. The third-order valence-electron chi connectivity index (χ3n) is 6.05. The molecule has 0 aliphatic heterocycles. The Morgan fingerprint density at radius 1 is 0.778 bits per heavy atom. The van der Waals surface area contributed by atoms with Crippen LogP contribution >= 0.6 is 0 Å². The smallest absolute Gasteiger partial charge is 0.319 e. The van der Waals surface area contributed by atoms with Gasteiger partial charge in [0, 0.05) is 6.42 Å². The van der Waals surface area contributed by atoms with E-state index in [1.165, 1.54) is 41.8 Å². The summed E-state index contributed by atoms with van der Waals surface area (Å²) in [6.45, 7) is 7.05. The first-order valence-corrected chi connectivity index (χ1v) is 12.1. The van der Waals surface area contributed by atoms with Crippen LogP contribution in [0.15, 0.2) is 83.6 Å². The maximum absolute atomic E-state index is 7.19. The van der Waals surface area contributed by atoms with Gasteiger partial charge >= 0.3 is 8.32 Å². The van der Waals surface area contributed by atoms with Crippen LogP contribution in [0.5, 0.6) is 0 Å². The van der Waals surface area contributed by atoms with E-state index in [1.807, 2.05) is 0 Å². The van der Waals surface area contributed by atoms with Crippen LogP contribution in [0.1, 0.15) is 52.9 Å². The summed E-state index contributed by atoms with van der Waals surface area (Å²) < 4.78 is 7.19. The Bertz CT molecular complexity index is 817. The number of benzene rings is 2. The molecular formula is C25H30OSi. The molecule has 0 fully saturated rings. The highest BCUT2D eigenvalue weighted by Crippen LogP contribution is 2.42. The molecule has 0 aromatic heterocycles. The average Bonchev–Trinajstić information content (AvgIpc) is 3.09. The highest BCUT2D eigenvalue weighted by Gasteiger charge is 2.52. The Morgan fingerprint density at radius 2 is 1.33 bits per heavy atom. The third kappa shape index (κ3) is 3.32. The number of rotatable bonds is 4. The van der Waals surface area contributed by atoms with E-state index in [9.17, 15) is 0 Å². The molecule has 0 bridgehead atoms. The fourth-order valence-corrected chi connectivity index (χ4v) is 9.19. The maximum Gasteiger partial charge on any atom is 0.319 e. The first kappa shape index (κ1) is 18.3. The lowest BCUT2D eigenvalue weighted by Crippen LogP contribution is -2.66. The largest absolute Gasteiger partial charge is 0.537 e. The zero-order chi connectivity index (χ0) is 18.9. The van der Waals surface area contributed by atoms with Gasteiger partial charge in [0.05, 0.1) is 5.76 Å². The summed E-state index contributed by atoms with van der Waals surface area (Å²) in [5, 5.41) is 2.74. The van der Waals surface area contributed by atoms with Gasteiger partial charge in [-0.3, -0.25) is 0 Å². The van der Waals surface area contributed by atoms with Crippen molar-refractivity contribution in [3.63, 3.8) is 0 Å². The predicted molar refractivity (Wildman–Crippen MR) is 117 cm³/mol. The minimum Gasteiger partial charge on any atom is -0.537 e. The van der Waals surface area contributed by atoms with Gasteiger partial charge in [-0.1, -0.05) is 87.0 Å². The fraction of sp³-hybridized carbons (Fsp3) is 0.360. The van der Waals surface area contributed by atoms with Gasteiger partial charge in [-0.05, 0) is 52.7 Å². The number of allylic oxidation sites excluding steroid dienone is 3. The van der Waals surface area contributed by atoms with Crippen molar-refractivity contribution in [3.8, 4) is 0 Å². The molecule has 0 unspecified atom stereocenters. The molecule has 140 valence electrons. The minimum absolute atomic E-state index is 0.0274. The van der Waals surface area contributed by atoms with Crippen LogP contribution in [0.2, 0.25) is 5.04 Å². The van der Waals surface area contributed by atoms with E-state index >= 15 is 0 Å². The molecular weight excluding hydrogens is 344 g/mol. The molecule has 0 saturated heterocycles. The van der Waals surface area contributed by atoms with Crippen molar-refractivity contribution < 1.29 is 4.43 Å². The van der Waals surface area contributed by atoms with E-state index in [2.05, 4.69) is 87.5 Å². The van der Waals surface area contributed by atoms with Crippen molar-refractivity contribution in [2.24, 2.45) is 0 Å². The molecule has 2 aromatic rings. The Balaban J connectivity index is 1.81. The van der Waals surface area contributed by atoms with Gasteiger partial charge in [-0.25, -0.2) is 0 Å². The second-order valence-electron chi connectivity index (χ2n) is 8.89. The predicted octanol–water partition coefficient (Wildman–Crippen LogP) is 5.72. The van der Waals surface area contributed by atoms with Crippen LogP contribution in [-0.4, -0.2) is 8.32 Å². The lowest BCUT2D eigenvalue weighted by Gasteiger charge is -2.43. The molecule has 2 heteroatoms. The van der Waals surface area contributed by atoms with Crippen molar-refractivity contribution in [1.29, 1.82) is 0 Å². The molecule has 0 radical (unpaired) electrons. The minimum atomic E-state index is -2.47. The summed E-state index contributed by atoms with van der Waals surface area (Å²) in [6, 6.07) is 21.9. The van der Waals surface area contributed by atoms with Gasteiger partial charge in [0.15, 0.2) is 0 Å². The molecule has 27 heavy (non-hydrogen) atoms. The topological polar surface area (TPSA) is 9.23 Å². The Kier molecular flexibility index (Phi) is 4.86. The Morgan fingerprint density at radius 3 is 1.85 bits per heavy atom. The van der Waals surface area contributed by atoms with Crippen molar-refractivity contribution >= 4 is 18.7 Å². The van der Waals surface area contributed by atoms with E-state index in [-0.39, 0.29) is 5.04 Å². The first-order chi connectivity index (χ1) is 13.0. The van der Waals surface area contributed by atoms with Gasteiger partial charge in [0.25, 0.3) is 0 Å². The molecule has 0 heterocycles. The van der Waals surface area contributed by atoms with Crippen LogP contribution in [-0.2, 0) is 4.43 Å². The highest BCUT2D eigenvalue weighted by molar-refractivity contribution is 6.99. The van der Waals surface area contributed by atoms with Crippen LogP contribution in [0.25, 0.3) is 0 Å². The lowest BCUT2D eigenvalue weighted by molar-refractivity contribution is 0.388. The molecule has 0 N–H and O–H groups in total. The van der Waals surface area contributed by atoms with E-state index < -0.39 is 8.32 Å². The summed E-state index contributed by atoms with van der Waals surface area (Å²) in [5.74, 6) is 1.19. The summed E-state index contributed by atoms with van der Waals surface area (Å²) in [5.41, 5.74) is 3.17. The lowest BCUT2D eigenvalue weighted by atomic mass is 9.94. The summed E-state index contributed by atoms with van der Waals surface area (Å²) in [7, 11) is -2.47. The van der Waals surface area contributed by atoms with Gasteiger partial charge in [0.1, 0.15) is 0 Å². The summed E-state index contributed by atoms with van der Waals surface area (Å²) in [4.78, 5) is 0. The second-order valence-corrected chi connectivity index (χ2v) is 13.1. The van der Waals surface area contributed by atoms with E-state index in [0.717, 1.165) is 6.42 Å². The molecule has 0 saturated carbocycles. The van der Waals surface area contributed by atoms with Crippen molar-refractivity contribution in [2.75, 3.05) is 0 Å². The van der Waals surface area contributed by atoms with Crippen molar-refractivity contribution in [1.82, 2.24) is 0 Å². The number of hydrogen-bond acceptors (Lipinski definition) is 1. The SMILES string of the molecule is CC(C)(C)[Si](OC1=CC2=C(CCCC2)C1)(c1ccccc1)c1ccccc1. The molecule has 2 aliphatic rings. The molecule has 2 aromatic carbocycles. The van der Waals surface area contributed by atoms with Crippen LogP contribution < -0.4 is 10.4 Å². The van der Waals surface area contributed by atoms with Gasteiger partial charge in [-0.15, -0.1) is 0 Å². The molecule has 0 amide bonds. The summed E-state index contributed by atoms with van der Waals surface area (Å²) >= 11 is 0. The fourth-order valence-electron chi connectivity index (χ4n) is 4.73. The second kappa shape index (κ2) is 7.16. The zero-order valence-electron chi connectivity index (χ0n) is 16.8. The molecule has 0 atom stereocenters. The third-order valence-corrected chi connectivity index (χ3v) is 11.0. The van der Waals surface area contributed by atoms with E-state index in [0.29, 0.717) is 0 Å². The Hall–Kier alpha value is -2.06. The van der Waals surface area contributed by atoms with Crippen LogP contribution in [0.3, 0.4) is 0 Å². The van der Waals surface area contributed by atoms with E-state index in [1.54, 1.807) is 11.1 Å². The average molecular weight is 375 g/mol. The van der Waals surface area contributed by atoms with E-state index in [4.69, 9.17) is 4.43 Å². The molecule has 1 nitrogen and oxygen atoms in total. The Labute approximate surface area is 164 Å². The summed E-state index contributed by atoms with van der Waals surface area (Å²) in [6.07, 6.45) is 8.51. The van der Waals surface area contributed by atoms with Crippen molar-refractivity contribution in [3.05, 3.63) is 83.6 Å². The van der Waals surface area contributed by atoms with Gasteiger partial charge < -0.3 is 4.43 Å². The van der Waals surface area contributed by atoms with Crippen LogP contribution in [0.4, 0.5) is 0 Å². The first-order valence-electron chi connectivity index (χ1n) is 10.2. The quantitative estimate of drug-likeness (QED) is 0.622. The molecule has 0 spiro atoms. The standard InChI is InChI=1S/C25H30OSi/c1-25(2,3)27(23-14-6-4-7-15-23,24-16-8-5-9-17-24)26-22-18-20-12-10-11-13-21(20)19-22/h4-9,14-18H,10-13,19H2,1-3H3. The van der Waals surface area contributed by atoms with Crippen LogP contribution in [0, 0.1) is 0 Å². The van der Waals surface area contributed by atoms with Gasteiger partial charge in [0.2, 0.25) is 0 Å². The van der Waals surface area contributed by atoms with Gasteiger partial charge in [-0.2, -0.15) is 0 Å². The normalized spacial score (nSPS) is 17.5. The maximum atomic E-state index is 7.19. The molecule has 4 rings (SSSR count). The monoisotopic (exact) mass is 374 g/mol. The zero-order valence-corrected chi connectivity index (χ0v) is 17.8.